The number of aliphatic hydroxyl groups excluding tert-OH is 1. The number of urea groups is 1. The number of carbonyl (C=O) groups excluding carboxylic acids is 3. The van der Waals surface area contributed by atoms with E-state index in [0.29, 0.717) is 29.4 Å². The van der Waals surface area contributed by atoms with E-state index in [1.807, 2.05) is 0 Å². The number of likely N-dealkylation sites (tertiary alicyclic amines) is 1. The van der Waals surface area contributed by atoms with E-state index in [1.165, 1.54) is 4.90 Å². The fourth-order valence-corrected chi connectivity index (χ4v) is 4.17. The normalized spacial score (nSPS) is 20.9. The van der Waals surface area contributed by atoms with Crippen LogP contribution in [0.4, 0.5) is 21.9 Å². The number of anilines is 3. The highest BCUT2D eigenvalue weighted by Crippen LogP contribution is 2.25. The van der Waals surface area contributed by atoms with E-state index in [0.717, 1.165) is 18.5 Å². The standard InChI is InChI=1S/C23H25ClN4O4/c24-15-4-6-17(7-5-15)26-23(32)28-14-19(29)13-20(28)22(31)25-16-8-10-18(11-9-16)27-12-2-1-3-21(27)30/h4-11,19-20,29H,1-3,12-14H2,(H,25,31)(H,26,32)/t19-,20-/m1/s1. The Bertz CT molecular complexity index is 996. The van der Waals surface area contributed by atoms with E-state index in [-0.39, 0.29) is 24.8 Å². The Morgan fingerprint density at radius 3 is 2.31 bits per heavy atom. The third-order valence-electron chi connectivity index (χ3n) is 5.71. The molecule has 4 rings (SSSR count). The van der Waals surface area contributed by atoms with Crippen LogP contribution in [0, 0.1) is 0 Å². The van der Waals surface area contributed by atoms with Gasteiger partial charge in [0.1, 0.15) is 6.04 Å². The molecule has 0 saturated carbocycles. The zero-order valence-electron chi connectivity index (χ0n) is 17.5. The third-order valence-corrected chi connectivity index (χ3v) is 5.96. The molecule has 9 heteroatoms. The molecule has 2 aromatic carbocycles. The van der Waals surface area contributed by atoms with E-state index in [9.17, 15) is 19.5 Å². The average Bonchev–Trinajstić information content (AvgIpc) is 3.18. The lowest BCUT2D eigenvalue weighted by Gasteiger charge is -2.27. The van der Waals surface area contributed by atoms with Gasteiger partial charge in [0.15, 0.2) is 0 Å². The molecule has 168 valence electrons. The Hall–Kier alpha value is -3.10. The molecule has 0 aliphatic carbocycles. The molecule has 2 saturated heterocycles. The van der Waals surface area contributed by atoms with Crippen LogP contribution in [0.15, 0.2) is 48.5 Å². The molecule has 2 aromatic rings. The lowest BCUT2D eigenvalue weighted by molar-refractivity contribution is -0.120. The lowest BCUT2D eigenvalue weighted by Crippen LogP contribution is -2.45. The number of piperidine rings is 1. The van der Waals surface area contributed by atoms with Crippen molar-refractivity contribution >= 4 is 46.5 Å². The highest BCUT2D eigenvalue weighted by molar-refractivity contribution is 6.30. The van der Waals surface area contributed by atoms with E-state index in [1.54, 1.807) is 53.4 Å². The van der Waals surface area contributed by atoms with Gasteiger partial charge in [-0.05, 0) is 61.4 Å². The minimum Gasteiger partial charge on any atom is -0.391 e. The van der Waals surface area contributed by atoms with Crippen molar-refractivity contribution in [2.45, 2.75) is 37.8 Å². The number of halogens is 1. The minimum atomic E-state index is -0.805. The van der Waals surface area contributed by atoms with Crippen molar-refractivity contribution < 1.29 is 19.5 Å². The van der Waals surface area contributed by atoms with Crippen LogP contribution >= 0.6 is 11.6 Å². The van der Waals surface area contributed by atoms with Crippen LogP contribution in [-0.4, -0.2) is 53.1 Å². The number of nitrogens with one attached hydrogen (secondary N) is 2. The van der Waals surface area contributed by atoms with Gasteiger partial charge in [-0.25, -0.2) is 4.79 Å². The number of amides is 4. The Labute approximate surface area is 191 Å². The Morgan fingerprint density at radius 1 is 0.969 bits per heavy atom. The summed E-state index contributed by atoms with van der Waals surface area (Å²) in [5.74, 6) is -0.273. The summed E-state index contributed by atoms with van der Waals surface area (Å²) in [6, 6.07) is 12.4. The van der Waals surface area contributed by atoms with Crippen molar-refractivity contribution in [1.29, 1.82) is 0 Å². The Morgan fingerprint density at radius 2 is 1.62 bits per heavy atom. The molecule has 0 unspecified atom stereocenters. The predicted octanol–water partition coefficient (Wildman–Crippen LogP) is 3.46. The number of nitrogens with zero attached hydrogens (tertiary/aromatic N) is 2. The molecule has 4 amide bonds. The van der Waals surface area contributed by atoms with Gasteiger partial charge in [0.05, 0.1) is 6.10 Å². The summed E-state index contributed by atoms with van der Waals surface area (Å²) >= 11 is 5.87. The summed E-state index contributed by atoms with van der Waals surface area (Å²) < 4.78 is 0. The minimum absolute atomic E-state index is 0.0630. The van der Waals surface area contributed by atoms with Gasteiger partial charge < -0.3 is 25.5 Å². The van der Waals surface area contributed by atoms with Gasteiger partial charge in [-0.2, -0.15) is 0 Å². The smallest absolute Gasteiger partial charge is 0.322 e. The van der Waals surface area contributed by atoms with Crippen LogP contribution in [0.25, 0.3) is 0 Å². The number of hydrogen-bond donors (Lipinski definition) is 3. The first-order valence-electron chi connectivity index (χ1n) is 10.6. The first-order chi connectivity index (χ1) is 15.4. The second-order valence-electron chi connectivity index (χ2n) is 8.03. The van der Waals surface area contributed by atoms with Crippen molar-refractivity contribution in [3.63, 3.8) is 0 Å². The summed E-state index contributed by atoms with van der Waals surface area (Å²) in [6.07, 6.45) is 1.81. The quantitative estimate of drug-likeness (QED) is 0.655. The maximum Gasteiger partial charge on any atom is 0.322 e. The number of carbonyl (C=O) groups is 3. The van der Waals surface area contributed by atoms with E-state index in [2.05, 4.69) is 10.6 Å². The maximum atomic E-state index is 12.9. The van der Waals surface area contributed by atoms with Crippen molar-refractivity contribution in [3.8, 4) is 0 Å². The van der Waals surface area contributed by atoms with Gasteiger partial charge in [-0.1, -0.05) is 11.6 Å². The molecule has 2 fully saturated rings. The number of benzene rings is 2. The largest absolute Gasteiger partial charge is 0.391 e. The first-order valence-corrected chi connectivity index (χ1v) is 11.0. The van der Waals surface area contributed by atoms with Crippen molar-refractivity contribution in [3.05, 3.63) is 53.6 Å². The molecular formula is C23H25ClN4O4. The maximum absolute atomic E-state index is 12.9. The summed E-state index contributed by atoms with van der Waals surface area (Å²) in [5.41, 5.74) is 1.90. The van der Waals surface area contributed by atoms with Crippen LogP contribution in [0.1, 0.15) is 25.7 Å². The van der Waals surface area contributed by atoms with Gasteiger partial charge in [0.25, 0.3) is 0 Å². The van der Waals surface area contributed by atoms with E-state index >= 15 is 0 Å². The van der Waals surface area contributed by atoms with Crippen molar-refractivity contribution in [2.24, 2.45) is 0 Å². The molecule has 2 aliphatic rings. The first kappa shape index (κ1) is 22.1. The number of rotatable bonds is 4. The van der Waals surface area contributed by atoms with Crippen LogP contribution in [0.2, 0.25) is 5.02 Å². The summed E-state index contributed by atoms with van der Waals surface area (Å²) in [4.78, 5) is 40.8. The second-order valence-corrected chi connectivity index (χ2v) is 8.47. The van der Waals surface area contributed by atoms with Crippen LogP contribution in [0.5, 0.6) is 0 Å². The fraction of sp³-hybridized carbons (Fsp3) is 0.348. The number of β-amino-alcohol motifs (C(OH)–C–C–N with tert-alkyl or cyclic N) is 1. The van der Waals surface area contributed by atoms with Crippen molar-refractivity contribution in [2.75, 3.05) is 28.6 Å². The Kier molecular flexibility index (Phi) is 6.62. The molecular weight excluding hydrogens is 432 g/mol. The molecule has 8 nitrogen and oxygen atoms in total. The molecule has 2 heterocycles. The average molecular weight is 457 g/mol. The zero-order valence-corrected chi connectivity index (χ0v) is 18.2. The van der Waals surface area contributed by atoms with Gasteiger partial charge >= 0.3 is 6.03 Å². The SMILES string of the molecule is O=C(Nc1ccc(N2CCCCC2=O)cc1)[C@H]1C[C@@H](O)CN1C(=O)Nc1ccc(Cl)cc1. The zero-order chi connectivity index (χ0) is 22.7. The van der Waals surface area contributed by atoms with Crippen LogP contribution in [0.3, 0.4) is 0 Å². The Balaban J connectivity index is 1.40. The molecule has 0 spiro atoms. The van der Waals surface area contributed by atoms with Crippen molar-refractivity contribution in [1.82, 2.24) is 4.90 Å². The van der Waals surface area contributed by atoms with E-state index in [4.69, 9.17) is 11.6 Å². The second kappa shape index (κ2) is 9.58. The van der Waals surface area contributed by atoms with Gasteiger partial charge in [-0.15, -0.1) is 0 Å². The van der Waals surface area contributed by atoms with Crippen LogP contribution < -0.4 is 15.5 Å². The third kappa shape index (κ3) is 5.03. The molecule has 2 atom stereocenters. The predicted molar refractivity (Wildman–Crippen MR) is 123 cm³/mol. The highest BCUT2D eigenvalue weighted by atomic mass is 35.5. The van der Waals surface area contributed by atoms with Crippen LogP contribution in [-0.2, 0) is 9.59 Å². The monoisotopic (exact) mass is 456 g/mol. The summed E-state index contributed by atoms with van der Waals surface area (Å²) in [6.45, 7) is 0.760. The number of aliphatic hydroxyl groups is 1. The molecule has 2 aliphatic heterocycles. The van der Waals surface area contributed by atoms with E-state index < -0.39 is 18.2 Å². The number of hydrogen-bond acceptors (Lipinski definition) is 4. The van der Waals surface area contributed by atoms with Gasteiger partial charge in [0, 0.05) is 48.0 Å². The topological polar surface area (TPSA) is 102 Å². The molecule has 0 aromatic heterocycles. The summed E-state index contributed by atoms with van der Waals surface area (Å²) in [5, 5.41) is 16.2. The molecule has 32 heavy (non-hydrogen) atoms. The summed E-state index contributed by atoms with van der Waals surface area (Å²) in [7, 11) is 0. The lowest BCUT2D eigenvalue weighted by atomic mass is 10.1. The molecule has 3 N–H and O–H groups in total. The van der Waals surface area contributed by atoms with Gasteiger partial charge in [0.2, 0.25) is 11.8 Å². The fourth-order valence-electron chi connectivity index (χ4n) is 4.04. The molecule has 0 bridgehead atoms. The molecule has 0 radical (unpaired) electrons. The highest BCUT2D eigenvalue weighted by Gasteiger charge is 2.39. The van der Waals surface area contributed by atoms with Gasteiger partial charge in [-0.3, -0.25) is 9.59 Å².